The van der Waals surface area contributed by atoms with Gasteiger partial charge in [-0.3, -0.25) is 4.90 Å². The second-order valence-corrected chi connectivity index (χ2v) is 5.25. The number of ether oxygens (including phenoxy) is 1. The second kappa shape index (κ2) is 7.13. The molecule has 1 aliphatic heterocycles. The van der Waals surface area contributed by atoms with Gasteiger partial charge in [-0.15, -0.1) is 0 Å². The molecule has 0 unspecified atom stereocenters. The van der Waals surface area contributed by atoms with Gasteiger partial charge < -0.3 is 9.84 Å². The van der Waals surface area contributed by atoms with E-state index in [1.807, 2.05) is 48.5 Å². The number of hydrogen-bond acceptors (Lipinski definition) is 3. The molecule has 1 saturated heterocycles. The summed E-state index contributed by atoms with van der Waals surface area (Å²) in [6.45, 7) is 3.05. The number of hydrogen-bond donors (Lipinski definition) is 1. The molecule has 0 saturated carbocycles. The molecule has 3 rings (SSSR count). The minimum Gasteiger partial charge on any atom is -0.508 e. The first kappa shape index (κ1) is 14.6. The molecule has 2 aromatic rings. The molecule has 3 nitrogen and oxygen atoms in total. The predicted octanol–water partition coefficient (Wildman–Crippen LogP) is 2.82. The number of para-hydroxylation sites is 1. The molecule has 0 radical (unpaired) electrons. The molecule has 1 N–H and O–H groups in total. The highest BCUT2D eigenvalue weighted by Crippen LogP contribution is 2.28. The van der Waals surface area contributed by atoms with E-state index < -0.39 is 0 Å². The van der Waals surface area contributed by atoms with Gasteiger partial charge in [0.05, 0.1) is 13.2 Å². The minimum atomic E-state index is -0.120. The first-order valence-electron chi connectivity index (χ1n) is 7.51. The molecule has 0 aromatic heterocycles. The fraction of sp³-hybridized carbons (Fsp3) is 0.263. The van der Waals surface area contributed by atoms with E-state index >= 15 is 0 Å². The number of morpholine rings is 1. The summed E-state index contributed by atoms with van der Waals surface area (Å²) in [6, 6.07) is 17.2. The molecule has 1 atom stereocenters. The van der Waals surface area contributed by atoms with Gasteiger partial charge in [-0.2, -0.15) is 0 Å². The predicted molar refractivity (Wildman–Crippen MR) is 86.6 cm³/mol. The van der Waals surface area contributed by atoms with Crippen LogP contribution in [0.15, 0.2) is 54.6 Å². The summed E-state index contributed by atoms with van der Waals surface area (Å²) in [5, 5.41) is 10.2. The van der Waals surface area contributed by atoms with Crippen LogP contribution in [0.25, 0.3) is 0 Å². The summed E-state index contributed by atoms with van der Waals surface area (Å²) in [6.07, 6.45) is 0. The van der Waals surface area contributed by atoms with Crippen molar-refractivity contribution in [1.82, 2.24) is 4.90 Å². The zero-order valence-electron chi connectivity index (χ0n) is 12.4. The lowest BCUT2D eigenvalue weighted by atomic mass is 10.0. The van der Waals surface area contributed by atoms with Crippen LogP contribution in [0.3, 0.4) is 0 Å². The summed E-state index contributed by atoms with van der Waals surface area (Å²) < 4.78 is 5.43. The van der Waals surface area contributed by atoms with Crippen LogP contribution in [0.2, 0.25) is 0 Å². The highest BCUT2D eigenvalue weighted by molar-refractivity contribution is 5.42. The van der Waals surface area contributed by atoms with E-state index in [9.17, 15) is 5.11 Å². The third kappa shape index (κ3) is 3.48. The zero-order valence-corrected chi connectivity index (χ0v) is 12.4. The lowest BCUT2D eigenvalue weighted by Gasteiger charge is -2.32. The van der Waals surface area contributed by atoms with Crippen molar-refractivity contribution in [2.45, 2.75) is 6.04 Å². The van der Waals surface area contributed by atoms with E-state index in [0.29, 0.717) is 19.0 Å². The van der Waals surface area contributed by atoms with E-state index in [4.69, 9.17) is 4.74 Å². The van der Waals surface area contributed by atoms with Crippen molar-refractivity contribution in [3.8, 4) is 17.6 Å². The average Bonchev–Trinajstić information content (AvgIpc) is 2.58. The van der Waals surface area contributed by atoms with Gasteiger partial charge in [0.15, 0.2) is 0 Å². The molecule has 3 heteroatoms. The van der Waals surface area contributed by atoms with E-state index in [0.717, 1.165) is 24.2 Å². The second-order valence-electron chi connectivity index (χ2n) is 5.25. The summed E-state index contributed by atoms with van der Waals surface area (Å²) in [4.78, 5) is 2.26. The van der Waals surface area contributed by atoms with Crippen molar-refractivity contribution >= 4 is 0 Å². The standard InChI is InChI=1S/C19H19NO2/c21-19-9-5-4-8-17(19)18(20-12-14-22-15-13-20)11-10-16-6-2-1-3-7-16/h1-9,18,21H,12-15H2/t18-/m1/s1. The van der Waals surface area contributed by atoms with Crippen molar-refractivity contribution in [3.63, 3.8) is 0 Å². The van der Waals surface area contributed by atoms with Gasteiger partial charge in [-0.25, -0.2) is 0 Å². The van der Waals surface area contributed by atoms with Gasteiger partial charge in [0.2, 0.25) is 0 Å². The molecule has 0 bridgehead atoms. The molecule has 1 heterocycles. The maximum atomic E-state index is 10.2. The lowest BCUT2D eigenvalue weighted by molar-refractivity contribution is 0.0266. The van der Waals surface area contributed by atoms with Crippen molar-refractivity contribution in [3.05, 3.63) is 65.7 Å². The van der Waals surface area contributed by atoms with Crippen LogP contribution in [0.1, 0.15) is 17.2 Å². The Labute approximate surface area is 131 Å². The van der Waals surface area contributed by atoms with E-state index in [-0.39, 0.29) is 6.04 Å². The van der Waals surface area contributed by atoms with E-state index in [1.54, 1.807) is 6.07 Å². The van der Waals surface area contributed by atoms with E-state index in [2.05, 4.69) is 16.7 Å². The maximum Gasteiger partial charge on any atom is 0.121 e. The fourth-order valence-corrected chi connectivity index (χ4v) is 2.59. The smallest absolute Gasteiger partial charge is 0.121 e. The Morgan fingerprint density at radius 3 is 2.36 bits per heavy atom. The monoisotopic (exact) mass is 293 g/mol. The van der Waals surface area contributed by atoms with Gasteiger partial charge in [0.25, 0.3) is 0 Å². The molecular weight excluding hydrogens is 274 g/mol. The summed E-state index contributed by atoms with van der Waals surface area (Å²) in [7, 11) is 0. The molecule has 0 spiro atoms. The average molecular weight is 293 g/mol. The van der Waals surface area contributed by atoms with Gasteiger partial charge in [0, 0.05) is 24.2 Å². The number of phenols is 1. The SMILES string of the molecule is Oc1ccccc1[C@@H](C#Cc1ccccc1)N1CCOCC1. The normalized spacial score (nSPS) is 16.5. The number of benzene rings is 2. The molecule has 22 heavy (non-hydrogen) atoms. The number of nitrogens with zero attached hydrogens (tertiary/aromatic N) is 1. The summed E-state index contributed by atoms with van der Waals surface area (Å²) in [5.74, 6) is 6.84. The fourth-order valence-electron chi connectivity index (χ4n) is 2.59. The number of rotatable bonds is 2. The van der Waals surface area contributed by atoms with Crippen LogP contribution in [0, 0.1) is 11.8 Å². The van der Waals surface area contributed by atoms with Crippen LogP contribution < -0.4 is 0 Å². The van der Waals surface area contributed by atoms with Gasteiger partial charge >= 0.3 is 0 Å². The topological polar surface area (TPSA) is 32.7 Å². The Morgan fingerprint density at radius 2 is 1.64 bits per heavy atom. The highest BCUT2D eigenvalue weighted by atomic mass is 16.5. The zero-order chi connectivity index (χ0) is 15.2. The number of aromatic hydroxyl groups is 1. The molecule has 112 valence electrons. The van der Waals surface area contributed by atoms with Gasteiger partial charge in [0.1, 0.15) is 11.8 Å². The Bertz CT molecular complexity index is 667. The molecule has 0 amide bonds. The van der Waals surface area contributed by atoms with Crippen molar-refractivity contribution in [2.24, 2.45) is 0 Å². The quantitative estimate of drug-likeness (QED) is 0.864. The lowest BCUT2D eigenvalue weighted by Crippen LogP contribution is -2.38. The van der Waals surface area contributed by atoms with Gasteiger partial charge in [-0.1, -0.05) is 48.2 Å². The first-order valence-corrected chi connectivity index (χ1v) is 7.51. The Morgan fingerprint density at radius 1 is 0.955 bits per heavy atom. The first-order chi connectivity index (χ1) is 10.8. The van der Waals surface area contributed by atoms with Crippen molar-refractivity contribution in [1.29, 1.82) is 0 Å². The third-order valence-electron chi connectivity index (χ3n) is 3.77. The molecule has 1 aliphatic rings. The van der Waals surface area contributed by atoms with Crippen LogP contribution in [0.5, 0.6) is 5.75 Å². The Balaban J connectivity index is 1.93. The largest absolute Gasteiger partial charge is 0.508 e. The van der Waals surface area contributed by atoms with Crippen LogP contribution in [-0.4, -0.2) is 36.3 Å². The van der Waals surface area contributed by atoms with Crippen LogP contribution >= 0.6 is 0 Å². The Hall–Kier alpha value is -2.28. The third-order valence-corrected chi connectivity index (χ3v) is 3.77. The van der Waals surface area contributed by atoms with Crippen LogP contribution in [-0.2, 0) is 4.74 Å². The minimum absolute atomic E-state index is 0.120. The summed E-state index contributed by atoms with van der Waals surface area (Å²) >= 11 is 0. The molecule has 1 fully saturated rings. The van der Waals surface area contributed by atoms with Crippen LogP contribution in [0.4, 0.5) is 0 Å². The van der Waals surface area contributed by atoms with Gasteiger partial charge in [-0.05, 0) is 18.2 Å². The Kier molecular flexibility index (Phi) is 4.75. The van der Waals surface area contributed by atoms with Crippen molar-refractivity contribution < 1.29 is 9.84 Å². The number of phenolic OH excluding ortho intramolecular Hbond substituents is 1. The van der Waals surface area contributed by atoms with E-state index in [1.165, 1.54) is 0 Å². The molecular formula is C19H19NO2. The molecule has 0 aliphatic carbocycles. The van der Waals surface area contributed by atoms with Crippen molar-refractivity contribution in [2.75, 3.05) is 26.3 Å². The molecule has 2 aromatic carbocycles. The highest BCUT2D eigenvalue weighted by Gasteiger charge is 2.22. The maximum absolute atomic E-state index is 10.2. The summed E-state index contributed by atoms with van der Waals surface area (Å²) in [5.41, 5.74) is 1.84.